The number of hydrogen-bond donors (Lipinski definition) is 3. The predicted octanol–water partition coefficient (Wildman–Crippen LogP) is 0.321. The van der Waals surface area contributed by atoms with Gasteiger partial charge in [0.2, 0.25) is 5.95 Å². The standard InChI is InChI=1S/C19H24ClN5O5/c1-23-16-15(17(28)24(2)19(23)29)25(18(22-16)21-8-3-9-26)10-13(27)11-30-14-6-4-12(20)5-7-14/h4-7,13,26-27H,3,8-11H2,1-2H3,(H,21,22)/t13-/m0/s1. The second kappa shape index (κ2) is 9.33. The summed E-state index contributed by atoms with van der Waals surface area (Å²) in [7, 11) is 2.92. The summed E-state index contributed by atoms with van der Waals surface area (Å²) >= 11 is 5.85. The van der Waals surface area contributed by atoms with Crippen molar-refractivity contribution in [1.29, 1.82) is 0 Å². The van der Waals surface area contributed by atoms with E-state index in [0.29, 0.717) is 29.7 Å². The quantitative estimate of drug-likeness (QED) is 0.412. The number of ether oxygens (including phenoxy) is 1. The van der Waals surface area contributed by atoms with Crippen molar-refractivity contribution in [3.05, 3.63) is 50.1 Å². The number of nitrogens with zero attached hydrogens (tertiary/aromatic N) is 4. The van der Waals surface area contributed by atoms with E-state index in [4.69, 9.17) is 21.4 Å². The smallest absolute Gasteiger partial charge is 0.332 e. The maximum Gasteiger partial charge on any atom is 0.332 e. The highest BCUT2D eigenvalue weighted by molar-refractivity contribution is 6.30. The Labute approximate surface area is 176 Å². The molecule has 3 rings (SSSR count). The van der Waals surface area contributed by atoms with Crippen LogP contribution in [-0.4, -0.2) is 54.8 Å². The molecule has 0 unspecified atom stereocenters. The lowest BCUT2D eigenvalue weighted by Gasteiger charge is -2.16. The molecule has 30 heavy (non-hydrogen) atoms. The van der Waals surface area contributed by atoms with Crippen molar-refractivity contribution in [1.82, 2.24) is 18.7 Å². The van der Waals surface area contributed by atoms with E-state index in [2.05, 4.69) is 10.3 Å². The molecule has 1 atom stereocenters. The summed E-state index contributed by atoms with van der Waals surface area (Å²) in [6.07, 6.45) is -0.485. The fourth-order valence-electron chi connectivity index (χ4n) is 3.03. The van der Waals surface area contributed by atoms with E-state index in [-0.39, 0.29) is 30.9 Å². The van der Waals surface area contributed by atoms with E-state index in [1.165, 1.54) is 23.2 Å². The first-order chi connectivity index (χ1) is 14.3. The van der Waals surface area contributed by atoms with E-state index < -0.39 is 17.4 Å². The molecule has 3 aromatic rings. The van der Waals surface area contributed by atoms with Gasteiger partial charge in [0.05, 0.1) is 6.54 Å². The van der Waals surface area contributed by atoms with E-state index in [0.717, 1.165) is 4.57 Å². The summed E-state index contributed by atoms with van der Waals surface area (Å²) in [5.41, 5.74) is -0.607. The van der Waals surface area contributed by atoms with Crippen LogP contribution in [-0.2, 0) is 20.6 Å². The Morgan fingerprint density at radius 3 is 2.57 bits per heavy atom. The molecule has 0 spiro atoms. The number of anilines is 1. The molecule has 0 bridgehead atoms. The Morgan fingerprint density at radius 1 is 1.20 bits per heavy atom. The first-order valence-corrected chi connectivity index (χ1v) is 9.78. The van der Waals surface area contributed by atoms with Crippen LogP contribution >= 0.6 is 11.6 Å². The minimum atomic E-state index is -0.960. The number of rotatable bonds is 9. The topological polar surface area (TPSA) is 124 Å². The van der Waals surface area contributed by atoms with Crippen molar-refractivity contribution >= 4 is 28.7 Å². The van der Waals surface area contributed by atoms with E-state index in [1.807, 2.05) is 0 Å². The lowest BCUT2D eigenvalue weighted by atomic mass is 10.3. The SMILES string of the molecule is Cn1c(=O)c2c(nc(NCCCO)n2C[C@H](O)COc2ccc(Cl)cc2)n(C)c1=O. The number of aromatic nitrogens is 4. The van der Waals surface area contributed by atoms with Crippen molar-refractivity contribution in [3.8, 4) is 5.75 Å². The molecule has 10 nitrogen and oxygen atoms in total. The number of halogens is 1. The zero-order chi connectivity index (χ0) is 21.8. The average molecular weight is 438 g/mol. The first kappa shape index (κ1) is 21.9. The molecule has 1 aromatic carbocycles. The number of hydrogen-bond acceptors (Lipinski definition) is 7. The number of aliphatic hydroxyl groups excluding tert-OH is 2. The highest BCUT2D eigenvalue weighted by Crippen LogP contribution is 2.18. The number of fused-ring (bicyclic) bond motifs is 1. The van der Waals surface area contributed by atoms with Crippen LogP contribution in [0.1, 0.15) is 6.42 Å². The normalized spacial score (nSPS) is 12.3. The molecule has 2 aromatic heterocycles. The van der Waals surface area contributed by atoms with Gasteiger partial charge in [-0.3, -0.25) is 13.9 Å². The molecule has 0 amide bonds. The van der Waals surface area contributed by atoms with Crippen molar-refractivity contribution in [3.63, 3.8) is 0 Å². The largest absolute Gasteiger partial charge is 0.491 e. The number of aryl methyl sites for hydroxylation is 1. The van der Waals surface area contributed by atoms with Crippen molar-refractivity contribution in [2.45, 2.75) is 19.1 Å². The Morgan fingerprint density at radius 2 is 1.90 bits per heavy atom. The van der Waals surface area contributed by atoms with E-state index in [1.54, 1.807) is 24.3 Å². The summed E-state index contributed by atoms with van der Waals surface area (Å²) in [5.74, 6) is 0.871. The molecular formula is C19H24ClN5O5. The van der Waals surface area contributed by atoms with Crippen molar-refractivity contribution < 1.29 is 14.9 Å². The van der Waals surface area contributed by atoms with Gasteiger partial charge in [-0.15, -0.1) is 0 Å². The molecule has 162 valence electrons. The third-order valence-electron chi connectivity index (χ3n) is 4.62. The van der Waals surface area contributed by atoms with Crippen LogP contribution < -0.4 is 21.3 Å². The maximum absolute atomic E-state index is 12.8. The molecule has 0 radical (unpaired) electrons. The first-order valence-electron chi connectivity index (χ1n) is 9.41. The highest BCUT2D eigenvalue weighted by atomic mass is 35.5. The minimum Gasteiger partial charge on any atom is -0.491 e. The molecule has 11 heteroatoms. The van der Waals surface area contributed by atoms with Gasteiger partial charge in [-0.25, -0.2) is 4.79 Å². The van der Waals surface area contributed by atoms with Crippen LogP contribution in [0, 0.1) is 0 Å². The zero-order valence-electron chi connectivity index (χ0n) is 16.7. The number of imidazole rings is 1. The van der Waals surface area contributed by atoms with Gasteiger partial charge < -0.3 is 24.8 Å². The summed E-state index contributed by atoms with van der Waals surface area (Å²) in [6, 6.07) is 6.74. The molecule has 3 N–H and O–H groups in total. The van der Waals surface area contributed by atoms with Gasteiger partial charge in [0.25, 0.3) is 5.56 Å². The minimum absolute atomic E-state index is 0.00889. The van der Waals surface area contributed by atoms with Crippen LogP contribution in [0.2, 0.25) is 5.02 Å². The van der Waals surface area contributed by atoms with Gasteiger partial charge in [0.1, 0.15) is 18.5 Å². The van der Waals surface area contributed by atoms with Gasteiger partial charge in [-0.05, 0) is 30.7 Å². The Kier molecular flexibility index (Phi) is 6.80. The molecule has 0 saturated carbocycles. The number of aliphatic hydroxyl groups is 2. The van der Waals surface area contributed by atoms with E-state index in [9.17, 15) is 14.7 Å². The second-order valence-corrected chi connectivity index (χ2v) is 7.28. The molecule has 2 heterocycles. The highest BCUT2D eigenvalue weighted by Gasteiger charge is 2.21. The Bertz CT molecular complexity index is 1140. The maximum atomic E-state index is 12.8. The molecular weight excluding hydrogens is 414 g/mol. The van der Waals surface area contributed by atoms with E-state index >= 15 is 0 Å². The summed E-state index contributed by atoms with van der Waals surface area (Å²) in [4.78, 5) is 29.4. The van der Waals surface area contributed by atoms with Crippen molar-refractivity contribution in [2.75, 3.05) is 25.1 Å². The lowest BCUT2D eigenvalue weighted by molar-refractivity contribution is 0.0938. The van der Waals surface area contributed by atoms with Crippen LogP contribution in [0.25, 0.3) is 11.2 Å². The van der Waals surface area contributed by atoms with Gasteiger partial charge in [0, 0.05) is 32.3 Å². The van der Waals surface area contributed by atoms with Gasteiger partial charge in [-0.1, -0.05) is 11.6 Å². The van der Waals surface area contributed by atoms with Gasteiger partial charge >= 0.3 is 5.69 Å². The van der Waals surface area contributed by atoms with Crippen LogP contribution in [0.15, 0.2) is 33.9 Å². The van der Waals surface area contributed by atoms with Crippen LogP contribution in [0.5, 0.6) is 5.75 Å². The summed E-state index contributed by atoms with van der Waals surface area (Å²) < 4.78 is 9.39. The average Bonchev–Trinajstić information content (AvgIpc) is 3.08. The van der Waals surface area contributed by atoms with Crippen LogP contribution in [0.4, 0.5) is 5.95 Å². The molecule has 0 saturated heterocycles. The molecule has 0 aliphatic rings. The van der Waals surface area contributed by atoms with Gasteiger partial charge in [-0.2, -0.15) is 4.98 Å². The third-order valence-corrected chi connectivity index (χ3v) is 4.87. The van der Waals surface area contributed by atoms with Crippen molar-refractivity contribution in [2.24, 2.45) is 14.1 Å². The second-order valence-electron chi connectivity index (χ2n) is 6.85. The van der Waals surface area contributed by atoms with Gasteiger partial charge in [0.15, 0.2) is 11.2 Å². The fourth-order valence-corrected chi connectivity index (χ4v) is 3.15. The third kappa shape index (κ3) is 4.50. The zero-order valence-corrected chi connectivity index (χ0v) is 17.5. The molecule has 0 fully saturated rings. The number of nitrogens with one attached hydrogen (secondary N) is 1. The fraction of sp³-hybridized carbons (Fsp3) is 0.421. The lowest BCUT2D eigenvalue weighted by Crippen LogP contribution is -2.38. The Balaban J connectivity index is 1.91. The predicted molar refractivity (Wildman–Crippen MR) is 113 cm³/mol. The summed E-state index contributed by atoms with van der Waals surface area (Å²) in [6.45, 7) is 0.388. The molecule has 0 aliphatic carbocycles. The Hall–Kier alpha value is -2.82. The molecule has 0 aliphatic heterocycles. The number of benzene rings is 1. The summed E-state index contributed by atoms with van der Waals surface area (Å²) in [5, 5.41) is 23.2. The monoisotopic (exact) mass is 437 g/mol. The van der Waals surface area contributed by atoms with Crippen LogP contribution in [0.3, 0.4) is 0 Å².